The Hall–Kier alpha value is -15.0. The Morgan fingerprint density at radius 1 is 0.372 bits per heavy atom. The van der Waals surface area contributed by atoms with Gasteiger partial charge in [-0.15, -0.1) is 0 Å². The highest BCUT2D eigenvalue weighted by Gasteiger charge is 2.32. The van der Waals surface area contributed by atoms with Crippen molar-refractivity contribution >= 4 is 44.1 Å². The number of nitrogens with zero attached hydrogens (tertiary/aromatic N) is 10. The standard InChI is InChI=1S/C25H21FN4O2.C25H21FN4.C24H18F2N4O.C22H21FN4O/c1-32-19-13-9-17(10-14-19)23-20(15-8-16-6-11-18(26)12-7-16)24(31)30(29-23)25-27-21-4-2-3-5-22(21)28-25;1-17-21(16-13-18-11-14-20(26)15-12-18)24(19-7-3-2-4-8-19)29-30(17)25-27-22-9-5-6-10-23(22)28-25;25-17-10-5-15(6-11-17)7-14-19-22(16-8-12-18(26)13-9-16)29-30(23(19)31)24-27-20-3-1-2-4-21(20)28-24;1-26-19-5-3-2-4-18(19)24-22(26)27-21(28)17(20(25-27)15-9-10-15)13-8-14-6-11-16(23)12-7-14/h2-7,9-14,29H,8,15H2,1H3,(H,27,28);2-12,14-15H,13,16H2,1H3,(H,27,28);1-6,8-13,29H,7,14H2,(H,27,28);2-7,11-12,15,25H,8-10,13H2,1H3. The van der Waals surface area contributed by atoms with Crippen LogP contribution in [0.5, 0.6) is 5.75 Å². The summed E-state index contributed by atoms with van der Waals surface area (Å²) < 4.78 is 79.8. The third-order valence-electron chi connectivity index (χ3n) is 21.8. The first-order valence-corrected chi connectivity index (χ1v) is 39.8. The highest BCUT2D eigenvalue weighted by atomic mass is 19.1. The zero-order chi connectivity index (χ0) is 83.2. The topological polar surface area (TPSA) is 244 Å². The van der Waals surface area contributed by atoms with E-state index in [4.69, 9.17) is 14.8 Å². The number of aryl methyl sites for hydroxylation is 5. The number of rotatable bonds is 21. The van der Waals surface area contributed by atoms with Crippen molar-refractivity contribution in [1.29, 1.82) is 0 Å². The average molecular weight is 1620 g/mol. The molecule has 1 saturated carbocycles. The van der Waals surface area contributed by atoms with E-state index in [0.29, 0.717) is 90.6 Å². The van der Waals surface area contributed by atoms with Crippen molar-refractivity contribution in [3.8, 4) is 63.3 Å². The Morgan fingerprint density at radius 3 is 1.17 bits per heavy atom. The Balaban J connectivity index is 0.000000115. The van der Waals surface area contributed by atoms with Gasteiger partial charge in [-0.3, -0.25) is 29.7 Å². The van der Waals surface area contributed by atoms with Crippen LogP contribution in [0.3, 0.4) is 0 Å². The van der Waals surface area contributed by atoms with E-state index in [-0.39, 0.29) is 45.8 Å². The van der Waals surface area contributed by atoms with Crippen LogP contribution in [0.15, 0.2) is 287 Å². The molecular weight excluding hydrogens is 1540 g/mol. The van der Waals surface area contributed by atoms with Gasteiger partial charge < -0.3 is 24.3 Å². The molecular formula is C96H81F5N16O4. The quantitative estimate of drug-likeness (QED) is 0.0374. The molecule has 20 rings (SSSR count). The normalized spacial score (nSPS) is 11.9. The predicted octanol–water partition coefficient (Wildman–Crippen LogP) is 18.9. The maximum atomic E-state index is 13.4. The van der Waals surface area contributed by atoms with Crippen LogP contribution >= 0.6 is 0 Å². The van der Waals surface area contributed by atoms with Crippen LogP contribution in [0, 0.1) is 36.0 Å². The summed E-state index contributed by atoms with van der Waals surface area (Å²) in [5.74, 6) is 1.89. The smallest absolute Gasteiger partial charge is 0.277 e. The van der Waals surface area contributed by atoms with Gasteiger partial charge in [-0.1, -0.05) is 127 Å². The number of aromatic amines is 6. The molecule has 1 fully saturated rings. The number of para-hydroxylation sites is 8. The van der Waals surface area contributed by atoms with E-state index in [1.807, 2.05) is 168 Å². The van der Waals surface area contributed by atoms with Gasteiger partial charge in [0.1, 0.15) is 34.8 Å². The third-order valence-corrected chi connectivity index (χ3v) is 21.8. The molecule has 121 heavy (non-hydrogen) atoms. The summed E-state index contributed by atoms with van der Waals surface area (Å²) in [6.07, 6.45) is 7.25. The van der Waals surface area contributed by atoms with Crippen LogP contribution in [0.2, 0.25) is 0 Å². The number of nitrogens with one attached hydrogen (secondary N) is 6. The van der Waals surface area contributed by atoms with Gasteiger partial charge >= 0.3 is 0 Å². The first-order chi connectivity index (χ1) is 59.0. The summed E-state index contributed by atoms with van der Waals surface area (Å²) in [5.41, 5.74) is 20.7. The fourth-order valence-electron chi connectivity index (χ4n) is 15.2. The van der Waals surface area contributed by atoms with E-state index >= 15 is 0 Å². The second-order valence-electron chi connectivity index (χ2n) is 29.8. The Morgan fingerprint density at radius 2 is 0.744 bits per heavy atom. The van der Waals surface area contributed by atoms with Gasteiger partial charge in [0.05, 0.1) is 68.3 Å². The average Bonchev–Trinajstić information content (AvgIpc) is 1.74. The zero-order valence-corrected chi connectivity index (χ0v) is 66.1. The number of imidazole rings is 4. The molecule has 0 bridgehead atoms. The fraction of sp³-hybridized carbons (Fsp3) is 0.146. The number of hydrogen-bond acceptors (Lipinski definition) is 9. The molecule has 8 aromatic heterocycles. The van der Waals surface area contributed by atoms with E-state index < -0.39 is 0 Å². The molecule has 8 heterocycles. The lowest BCUT2D eigenvalue weighted by Gasteiger charge is -2.05. The summed E-state index contributed by atoms with van der Waals surface area (Å²) in [7, 11) is 3.54. The van der Waals surface area contributed by atoms with Crippen LogP contribution in [0.4, 0.5) is 22.0 Å². The van der Waals surface area contributed by atoms with Gasteiger partial charge in [-0.05, 0) is 239 Å². The van der Waals surface area contributed by atoms with Crippen LogP contribution in [-0.4, -0.2) is 85.7 Å². The highest BCUT2D eigenvalue weighted by molar-refractivity contribution is 5.79. The Kier molecular flexibility index (Phi) is 22.5. The van der Waals surface area contributed by atoms with Gasteiger partial charge in [0, 0.05) is 63.3 Å². The number of benzene rings is 11. The van der Waals surface area contributed by atoms with Gasteiger partial charge in [0.15, 0.2) is 0 Å². The van der Waals surface area contributed by atoms with Crippen molar-refractivity contribution < 1.29 is 26.7 Å². The molecule has 604 valence electrons. The number of halogens is 5. The van der Waals surface area contributed by atoms with Crippen LogP contribution < -0.4 is 21.4 Å². The van der Waals surface area contributed by atoms with Crippen molar-refractivity contribution in [2.24, 2.45) is 7.05 Å². The largest absolute Gasteiger partial charge is 0.497 e. The molecule has 0 unspecified atom stereocenters. The maximum absolute atomic E-state index is 13.4. The van der Waals surface area contributed by atoms with Crippen molar-refractivity contribution in [3.05, 3.63) is 389 Å². The molecule has 20 nitrogen and oxygen atoms in total. The Labute approximate surface area is 689 Å². The molecule has 0 atom stereocenters. The van der Waals surface area contributed by atoms with E-state index in [9.17, 15) is 36.3 Å². The molecule has 0 spiro atoms. The van der Waals surface area contributed by atoms with Crippen LogP contribution in [-0.2, 0) is 58.4 Å². The first kappa shape index (κ1) is 78.5. The fourth-order valence-corrected chi connectivity index (χ4v) is 15.2. The molecule has 1 aliphatic rings. The van der Waals surface area contributed by atoms with Gasteiger partial charge in [-0.2, -0.15) is 19.1 Å². The molecule has 19 aromatic rings. The second-order valence-corrected chi connectivity index (χ2v) is 29.8. The van der Waals surface area contributed by atoms with Crippen LogP contribution in [0.1, 0.15) is 74.7 Å². The van der Waals surface area contributed by atoms with E-state index in [1.54, 1.807) is 60.3 Å². The summed E-state index contributed by atoms with van der Waals surface area (Å²) in [6, 6.07) is 80.4. The van der Waals surface area contributed by atoms with Gasteiger partial charge in [0.2, 0.25) is 23.8 Å². The number of methoxy groups -OCH3 is 1. The lowest BCUT2D eigenvalue weighted by atomic mass is 9.99. The Bertz CT molecular complexity index is 6950. The molecule has 1 aliphatic carbocycles. The lowest BCUT2D eigenvalue weighted by Crippen LogP contribution is -2.20. The summed E-state index contributed by atoms with van der Waals surface area (Å²) in [6.45, 7) is 2.08. The minimum Gasteiger partial charge on any atom is -0.497 e. The molecule has 0 aliphatic heterocycles. The molecule has 0 radical (unpaired) electrons. The van der Waals surface area contributed by atoms with Gasteiger partial charge in [0.25, 0.3) is 16.7 Å². The van der Waals surface area contributed by atoms with Crippen molar-refractivity contribution in [2.75, 3.05) is 7.11 Å². The predicted molar refractivity (Wildman–Crippen MR) is 461 cm³/mol. The second kappa shape index (κ2) is 34.7. The highest BCUT2D eigenvalue weighted by Crippen LogP contribution is 2.41. The molecule has 11 aromatic carbocycles. The number of aromatic nitrogens is 16. The van der Waals surface area contributed by atoms with Crippen molar-refractivity contribution in [3.63, 3.8) is 0 Å². The minimum absolute atomic E-state index is 0.0394. The molecule has 0 saturated heterocycles. The summed E-state index contributed by atoms with van der Waals surface area (Å²) in [5, 5.41) is 14.6. The van der Waals surface area contributed by atoms with E-state index in [2.05, 4.69) is 64.3 Å². The third kappa shape index (κ3) is 17.3. The lowest BCUT2D eigenvalue weighted by molar-refractivity contribution is 0.415. The molecule has 25 heteroatoms. The van der Waals surface area contributed by atoms with E-state index in [0.717, 1.165) is 137 Å². The number of fused-ring (bicyclic) bond motifs is 4. The number of hydrogen-bond donors (Lipinski definition) is 6. The van der Waals surface area contributed by atoms with Crippen LogP contribution in [0.25, 0.3) is 102 Å². The first-order valence-electron chi connectivity index (χ1n) is 39.8. The molecule has 6 N–H and O–H groups in total. The van der Waals surface area contributed by atoms with Crippen molar-refractivity contribution in [1.82, 2.24) is 78.6 Å². The van der Waals surface area contributed by atoms with E-state index in [1.165, 1.54) is 75.6 Å². The zero-order valence-electron chi connectivity index (χ0n) is 66.1. The monoisotopic (exact) mass is 1620 g/mol. The molecule has 0 amide bonds. The minimum atomic E-state index is -0.351. The maximum Gasteiger partial charge on any atom is 0.277 e. The summed E-state index contributed by atoms with van der Waals surface area (Å²) >= 11 is 0. The summed E-state index contributed by atoms with van der Waals surface area (Å²) in [4.78, 5) is 68.2. The number of ether oxygens (including phenoxy) is 1. The SMILES string of the molecule is COc1ccc(-c2[nH]n(-c3nc4ccccc4[nH]3)c(=O)c2CCc2ccc(F)cc2)cc1.Cc1c(CCc2ccc(F)cc2)c(-c2ccccc2)nn1-c1nc2ccccc2[nH]1.Cn1c(-n2[nH]c(C3CC3)c(CCc3ccc(F)cc3)c2=O)nc2ccccc21.O=c1c(CCc2ccc(F)cc2)c(-c2ccc(F)cc2)[nH]n1-c1nc2ccccc2[nH]1. The van der Waals surface area contributed by atoms with Gasteiger partial charge in [-0.25, -0.2) is 46.6 Å². The number of H-pyrrole nitrogens is 6. The van der Waals surface area contributed by atoms with Crippen molar-refractivity contribution in [2.45, 2.75) is 77.0 Å².